The van der Waals surface area contributed by atoms with E-state index < -0.39 is 23.4 Å². The predicted octanol–water partition coefficient (Wildman–Crippen LogP) is 1.86. The zero-order chi connectivity index (χ0) is 20.1. The zero-order valence-corrected chi connectivity index (χ0v) is 16.3. The second-order valence-electron chi connectivity index (χ2n) is 6.91. The lowest BCUT2D eigenvalue weighted by Gasteiger charge is -2.28. The van der Waals surface area contributed by atoms with Crippen LogP contribution in [0, 0.1) is 0 Å². The van der Waals surface area contributed by atoms with Gasteiger partial charge in [-0.3, -0.25) is 9.59 Å². The van der Waals surface area contributed by atoms with E-state index in [1.807, 2.05) is 30.3 Å². The van der Waals surface area contributed by atoms with Crippen molar-refractivity contribution in [3.05, 3.63) is 35.9 Å². The van der Waals surface area contributed by atoms with Crippen LogP contribution >= 0.6 is 0 Å². The van der Waals surface area contributed by atoms with Crippen LogP contribution in [0.15, 0.2) is 30.3 Å². The van der Waals surface area contributed by atoms with Crippen LogP contribution < -0.4 is 21.7 Å². The number of benzene rings is 1. The van der Waals surface area contributed by atoms with Crippen molar-refractivity contribution in [2.24, 2.45) is 5.73 Å². The van der Waals surface area contributed by atoms with Gasteiger partial charge in [0.1, 0.15) is 5.54 Å². The van der Waals surface area contributed by atoms with E-state index in [1.165, 1.54) is 6.92 Å². The van der Waals surface area contributed by atoms with Crippen LogP contribution in [0.5, 0.6) is 0 Å². The second kappa shape index (κ2) is 11.9. The van der Waals surface area contributed by atoms with Crippen LogP contribution in [-0.2, 0) is 16.0 Å². The molecule has 0 spiro atoms. The first-order valence-corrected chi connectivity index (χ1v) is 9.54. The molecule has 1 aromatic rings. The van der Waals surface area contributed by atoms with E-state index in [-0.39, 0.29) is 6.42 Å². The van der Waals surface area contributed by atoms with Gasteiger partial charge >= 0.3 is 6.03 Å². The van der Waals surface area contributed by atoms with Crippen molar-refractivity contribution in [2.45, 2.75) is 57.9 Å². The van der Waals surface area contributed by atoms with Gasteiger partial charge in [0.25, 0.3) is 0 Å². The maximum absolute atomic E-state index is 12.6. The molecule has 0 radical (unpaired) electrons. The van der Waals surface area contributed by atoms with E-state index >= 15 is 0 Å². The summed E-state index contributed by atoms with van der Waals surface area (Å²) < 4.78 is 0. The molecule has 1 unspecified atom stereocenters. The third kappa shape index (κ3) is 9.08. The second-order valence-corrected chi connectivity index (χ2v) is 6.91. The third-order valence-corrected chi connectivity index (χ3v) is 4.28. The average Bonchev–Trinajstić information content (AvgIpc) is 2.61. The SMILES string of the molecule is CCCCCCNC(=O)NC(C)(CC(N)=O)C(=O)NCCc1ccccc1. The summed E-state index contributed by atoms with van der Waals surface area (Å²) >= 11 is 0. The van der Waals surface area contributed by atoms with E-state index in [0.717, 1.165) is 31.2 Å². The quantitative estimate of drug-likeness (QED) is 0.418. The average molecular weight is 377 g/mol. The Morgan fingerprint density at radius 1 is 1.00 bits per heavy atom. The van der Waals surface area contributed by atoms with Gasteiger partial charge in [0.15, 0.2) is 0 Å². The molecule has 7 heteroatoms. The van der Waals surface area contributed by atoms with Crippen LogP contribution in [0.2, 0.25) is 0 Å². The highest BCUT2D eigenvalue weighted by Gasteiger charge is 2.36. The molecule has 150 valence electrons. The number of carbonyl (C=O) groups is 3. The van der Waals surface area contributed by atoms with E-state index in [1.54, 1.807) is 0 Å². The van der Waals surface area contributed by atoms with Crippen molar-refractivity contribution in [1.82, 2.24) is 16.0 Å². The first-order valence-electron chi connectivity index (χ1n) is 9.54. The topological polar surface area (TPSA) is 113 Å². The molecule has 5 N–H and O–H groups in total. The number of amides is 4. The van der Waals surface area contributed by atoms with Gasteiger partial charge in [-0.2, -0.15) is 0 Å². The molecule has 0 heterocycles. The van der Waals surface area contributed by atoms with Crippen LogP contribution in [-0.4, -0.2) is 36.5 Å². The van der Waals surface area contributed by atoms with Crippen molar-refractivity contribution in [2.75, 3.05) is 13.1 Å². The highest BCUT2D eigenvalue weighted by molar-refractivity contribution is 5.94. The Hall–Kier alpha value is -2.57. The van der Waals surface area contributed by atoms with Gasteiger partial charge in [-0.1, -0.05) is 56.5 Å². The molecule has 0 bridgehead atoms. The minimum atomic E-state index is -1.39. The summed E-state index contributed by atoms with van der Waals surface area (Å²) in [7, 11) is 0. The van der Waals surface area contributed by atoms with E-state index in [0.29, 0.717) is 19.5 Å². The molecule has 1 rings (SSSR count). The first kappa shape index (κ1) is 22.5. The van der Waals surface area contributed by atoms with Crippen LogP contribution in [0.3, 0.4) is 0 Å². The summed E-state index contributed by atoms with van der Waals surface area (Å²) in [6.07, 6.45) is 4.53. The maximum Gasteiger partial charge on any atom is 0.315 e. The Kier molecular flexibility index (Phi) is 9.93. The summed E-state index contributed by atoms with van der Waals surface area (Å²) in [6, 6.07) is 9.25. The maximum atomic E-state index is 12.6. The summed E-state index contributed by atoms with van der Waals surface area (Å²) in [5.41, 5.74) is 4.97. The minimum Gasteiger partial charge on any atom is -0.370 e. The number of hydrogen-bond donors (Lipinski definition) is 4. The molecule has 0 aromatic heterocycles. The lowest BCUT2D eigenvalue weighted by Crippen LogP contribution is -2.60. The smallest absolute Gasteiger partial charge is 0.315 e. The summed E-state index contributed by atoms with van der Waals surface area (Å²) in [6.45, 7) is 4.55. The summed E-state index contributed by atoms with van der Waals surface area (Å²) in [4.78, 5) is 36.1. The van der Waals surface area contributed by atoms with Gasteiger partial charge in [0.05, 0.1) is 6.42 Å². The number of urea groups is 1. The predicted molar refractivity (Wildman–Crippen MR) is 106 cm³/mol. The molecule has 7 nitrogen and oxygen atoms in total. The number of hydrogen-bond acceptors (Lipinski definition) is 3. The molecule has 0 aliphatic heterocycles. The summed E-state index contributed by atoms with van der Waals surface area (Å²) in [5.74, 6) is -1.09. The van der Waals surface area contributed by atoms with Gasteiger partial charge in [0.2, 0.25) is 11.8 Å². The van der Waals surface area contributed by atoms with Gasteiger partial charge in [0, 0.05) is 13.1 Å². The van der Waals surface area contributed by atoms with Gasteiger partial charge < -0.3 is 21.7 Å². The lowest BCUT2D eigenvalue weighted by atomic mass is 9.96. The van der Waals surface area contributed by atoms with Crippen LogP contribution in [0.25, 0.3) is 0 Å². The lowest BCUT2D eigenvalue weighted by molar-refractivity contribution is -0.130. The standard InChI is InChI=1S/C20H32N4O3/c1-3-4-5-9-13-23-19(27)24-20(2,15-17(21)25)18(26)22-14-12-16-10-7-6-8-11-16/h6-8,10-11H,3-5,9,12-15H2,1-2H3,(H2,21,25)(H,22,26)(H2,23,24,27). The Morgan fingerprint density at radius 2 is 1.70 bits per heavy atom. The molecule has 1 atom stereocenters. The molecule has 0 fully saturated rings. The Morgan fingerprint density at radius 3 is 2.33 bits per heavy atom. The molecule has 0 saturated heterocycles. The molecule has 0 aliphatic rings. The fraction of sp³-hybridized carbons (Fsp3) is 0.550. The Balaban J connectivity index is 2.53. The van der Waals surface area contributed by atoms with Crippen molar-refractivity contribution < 1.29 is 14.4 Å². The number of carbonyl (C=O) groups excluding carboxylic acids is 3. The van der Waals surface area contributed by atoms with Gasteiger partial charge in [-0.15, -0.1) is 0 Å². The third-order valence-electron chi connectivity index (χ3n) is 4.28. The Labute approximate surface area is 161 Å². The molecular formula is C20H32N4O3. The minimum absolute atomic E-state index is 0.270. The number of primary amides is 1. The highest BCUT2D eigenvalue weighted by Crippen LogP contribution is 2.10. The first-order chi connectivity index (χ1) is 12.9. The van der Waals surface area contributed by atoms with Crippen molar-refractivity contribution in [3.8, 4) is 0 Å². The van der Waals surface area contributed by atoms with E-state index in [2.05, 4.69) is 22.9 Å². The molecule has 0 aliphatic carbocycles. The van der Waals surface area contributed by atoms with Crippen molar-refractivity contribution in [3.63, 3.8) is 0 Å². The monoisotopic (exact) mass is 376 g/mol. The molecule has 27 heavy (non-hydrogen) atoms. The van der Waals surface area contributed by atoms with Gasteiger partial charge in [-0.25, -0.2) is 4.79 Å². The zero-order valence-electron chi connectivity index (χ0n) is 16.3. The van der Waals surface area contributed by atoms with Crippen molar-refractivity contribution in [1.29, 1.82) is 0 Å². The number of rotatable bonds is 12. The Bertz CT molecular complexity index is 607. The highest BCUT2D eigenvalue weighted by atomic mass is 16.2. The van der Waals surface area contributed by atoms with E-state index in [4.69, 9.17) is 5.73 Å². The number of nitrogens with two attached hydrogens (primary N) is 1. The molecular weight excluding hydrogens is 344 g/mol. The van der Waals surface area contributed by atoms with Crippen LogP contribution in [0.1, 0.15) is 51.5 Å². The van der Waals surface area contributed by atoms with Crippen molar-refractivity contribution >= 4 is 17.8 Å². The van der Waals surface area contributed by atoms with Crippen LogP contribution in [0.4, 0.5) is 4.79 Å². The fourth-order valence-corrected chi connectivity index (χ4v) is 2.74. The molecule has 1 aromatic carbocycles. The number of unbranched alkanes of at least 4 members (excludes halogenated alkanes) is 3. The fourth-order valence-electron chi connectivity index (χ4n) is 2.74. The van der Waals surface area contributed by atoms with Gasteiger partial charge in [-0.05, 0) is 25.3 Å². The molecule has 0 saturated carbocycles. The normalized spacial score (nSPS) is 12.7. The number of nitrogens with one attached hydrogen (secondary N) is 3. The summed E-state index contributed by atoms with van der Waals surface area (Å²) in [5, 5.41) is 8.10. The van der Waals surface area contributed by atoms with E-state index in [9.17, 15) is 14.4 Å². The molecule has 4 amide bonds. The largest absolute Gasteiger partial charge is 0.370 e.